The molecule has 0 atom stereocenters. The molecule has 0 unspecified atom stereocenters. The standard InChI is InChI=1S/C12H24O2.C12H10.H3O3P/c1-2-3-4-5-6-7-8-9-10-11-12(13)14;1-3-7-11(8-4-1)12-9-5-2-6-10-12;1-4(2)3/h2-11H2,1H3,(H,13,14);1-10H;1-3H. The van der Waals surface area contributed by atoms with Crippen molar-refractivity contribution in [1.82, 2.24) is 0 Å². The van der Waals surface area contributed by atoms with E-state index >= 15 is 0 Å². The molecule has 0 spiro atoms. The maximum absolute atomic E-state index is 10.2. The first-order valence-electron chi connectivity index (χ1n) is 10.7. The zero-order chi connectivity index (χ0) is 22.5. The van der Waals surface area contributed by atoms with Gasteiger partial charge in [-0.15, -0.1) is 0 Å². The van der Waals surface area contributed by atoms with Crippen molar-refractivity contribution < 1.29 is 24.6 Å². The van der Waals surface area contributed by atoms with E-state index in [0.29, 0.717) is 6.42 Å². The van der Waals surface area contributed by atoms with Crippen LogP contribution >= 0.6 is 8.60 Å². The van der Waals surface area contributed by atoms with Gasteiger partial charge in [0, 0.05) is 6.42 Å². The molecule has 168 valence electrons. The van der Waals surface area contributed by atoms with Crippen LogP contribution in [-0.2, 0) is 4.79 Å². The summed E-state index contributed by atoms with van der Waals surface area (Å²) in [5.41, 5.74) is 2.55. The van der Waals surface area contributed by atoms with Crippen LogP contribution in [0, 0.1) is 0 Å². The molecule has 0 aromatic heterocycles. The first-order chi connectivity index (χ1) is 14.5. The molecule has 6 heteroatoms. The van der Waals surface area contributed by atoms with Crippen LogP contribution < -0.4 is 0 Å². The molecule has 0 aliphatic carbocycles. The molecule has 2 rings (SSSR count). The van der Waals surface area contributed by atoms with Gasteiger partial charge in [-0.1, -0.05) is 119 Å². The molecule has 0 saturated heterocycles. The molecule has 0 saturated carbocycles. The summed E-state index contributed by atoms with van der Waals surface area (Å²) in [6.45, 7) is 2.23. The Morgan fingerprint density at radius 1 is 0.667 bits per heavy atom. The first kappa shape index (κ1) is 28.2. The van der Waals surface area contributed by atoms with E-state index in [2.05, 4.69) is 55.5 Å². The predicted molar refractivity (Wildman–Crippen MR) is 125 cm³/mol. The van der Waals surface area contributed by atoms with Crippen LogP contribution in [0.15, 0.2) is 60.7 Å². The Hall–Kier alpha value is -1.78. The highest BCUT2D eigenvalue weighted by atomic mass is 31.2. The Bertz CT molecular complexity index is 580. The third-order valence-electron chi connectivity index (χ3n) is 4.38. The molecule has 2 aromatic rings. The molecule has 0 heterocycles. The molecule has 0 radical (unpaired) electrons. The van der Waals surface area contributed by atoms with Gasteiger partial charge in [0.05, 0.1) is 0 Å². The first-order valence-corrected chi connectivity index (χ1v) is 11.9. The molecular weight excluding hydrogens is 399 g/mol. The van der Waals surface area contributed by atoms with Gasteiger partial charge in [0.2, 0.25) is 0 Å². The Morgan fingerprint density at radius 2 is 1.00 bits per heavy atom. The highest BCUT2D eigenvalue weighted by Crippen LogP contribution is 2.17. The van der Waals surface area contributed by atoms with Crippen LogP contribution in [0.3, 0.4) is 0 Å². The van der Waals surface area contributed by atoms with Crippen molar-refractivity contribution in [2.75, 3.05) is 0 Å². The summed E-state index contributed by atoms with van der Waals surface area (Å²) in [6, 6.07) is 20.8. The number of hydrogen-bond donors (Lipinski definition) is 4. The molecule has 30 heavy (non-hydrogen) atoms. The van der Waals surface area contributed by atoms with E-state index in [1.807, 2.05) is 12.1 Å². The summed E-state index contributed by atoms with van der Waals surface area (Å²) in [7, 11) is -2.62. The smallest absolute Gasteiger partial charge is 0.324 e. The van der Waals surface area contributed by atoms with E-state index in [0.717, 1.165) is 12.8 Å². The van der Waals surface area contributed by atoms with Crippen LogP contribution in [-0.4, -0.2) is 25.8 Å². The number of carboxylic acids is 1. The number of carboxylic acid groups (broad SMARTS) is 1. The van der Waals surface area contributed by atoms with Gasteiger partial charge in [-0.25, -0.2) is 0 Å². The zero-order valence-electron chi connectivity index (χ0n) is 18.0. The molecule has 0 fully saturated rings. The highest BCUT2D eigenvalue weighted by Gasteiger charge is 1.96. The van der Waals surface area contributed by atoms with Crippen molar-refractivity contribution in [3.05, 3.63) is 60.7 Å². The SMILES string of the molecule is CCCCCCCCCCCC(=O)O.OP(O)O.c1ccc(-c2ccccc2)cc1. The highest BCUT2D eigenvalue weighted by molar-refractivity contribution is 7.38. The minimum atomic E-state index is -2.62. The lowest BCUT2D eigenvalue weighted by molar-refractivity contribution is -0.137. The van der Waals surface area contributed by atoms with Crippen LogP contribution in [0.4, 0.5) is 0 Å². The average molecular weight is 437 g/mol. The number of rotatable bonds is 11. The van der Waals surface area contributed by atoms with E-state index in [-0.39, 0.29) is 0 Å². The maximum atomic E-state index is 10.2. The number of hydrogen-bond acceptors (Lipinski definition) is 4. The van der Waals surface area contributed by atoms with Crippen molar-refractivity contribution in [1.29, 1.82) is 0 Å². The van der Waals surface area contributed by atoms with Crippen LogP contribution in [0.1, 0.15) is 71.1 Å². The molecule has 4 N–H and O–H groups in total. The molecular formula is C24H37O5P. The fourth-order valence-corrected chi connectivity index (χ4v) is 2.85. The normalized spacial score (nSPS) is 9.90. The molecule has 0 aliphatic heterocycles. The van der Waals surface area contributed by atoms with Gasteiger partial charge in [-0.2, -0.15) is 0 Å². The van der Waals surface area contributed by atoms with E-state index in [9.17, 15) is 4.79 Å². The van der Waals surface area contributed by atoms with Gasteiger partial charge < -0.3 is 19.8 Å². The lowest BCUT2D eigenvalue weighted by atomic mass is 10.1. The summed E-state index contributed by atoms with van der Waals surface area (Å²) in [6.07, 6.45) is 11.5. The van der Waals surface area contributed by atoms with Crippen LogP contribution in [0.5, 0.6) is 0 Å². The molecule has 5 nitrogen and oxygen atoms in total. The van der Waals surface area contributed by atoms with Gasteiger partial charge in [-0.05, 0) is 17.5 Å². The topological polar surface area (TPSA) is 98.0 Å². The Kier molecular flexibility index (Phi) is 19.3. The lowest BCUT2D eigenvalue weighted by Crippen LogP contribution is -1.93. The van der Waals surface area contributed by atoms with Crippen LogP contribution in [0.25, 0.3) is 11.1 Å². The quantitative estimate of drug-likeness (QED) is 0.237. The van der Waals surface area contributed by atoms with Gasteiger partial charge in [0.25, 0.3) is 0 Å². The number of carbonyl (C=O) groups is 1. The summed E-state index contributed by atoms with van der Waals surface area (Å²) in [5.74, 6) is -0.659. The van der Waals surface area contributed by atoms with Gasteiger partial charge in [0.1, 0.15) is 0 Å². The minimum Gasteiger partial charge on any atom is -0.481 e. The number of benzene rings is 2. The van der Waals surface area contributed by atoms with Gasteiger partial charge in [0.15, 0.2) is 0 Å². The van der Waals surface area contributed by atoms with E-state index < -0.39 is 14.6 Å². The molecule has 0 bridgehead atoms. The second kappa shape index (κ2) is 20.5. The summed E-state index contributed by atoms with van der Waals surface area (Å²) in [5, 5.41) is 8.41. The molecule has 0 aliphatic rings. The van der Waals surface area contributed by atoms with E-state index in [1.54, 1.807) is 0 Å². The minimum absolute atomic E-state index is 0.343. The second-order valence-corrected chi connectivity index (χ2v) is 7.51. The lowest BCUT2D eigenvalue weighted by Gasteiger charge is -2.00. The largest absolute Gasteiger partial charge is 0.481 e. The second-order valence-electron chi connectivity index (χ2n) is 6.97. The Morgan fingerprint density at radius 3 is 1.33 bits per heavy atom. The zero-order valence-corrected chi connectivity index (χ0v) is 18.9. The number of unbranched alkanes of at least 4 members (excludes halogenated alkanes) is 8. The van der Waals surface area contributed by atoms with Crippen molar-refractivity contribution >= 4 is 14.6 Å². The summed E-state index contributed by atoms with van der Waals surface area (Å²) >= 11 is 0. The van der Waals surface area contributed by atoms with Gasteiger partial charge >= 0.3 is 14.6 Å². The fraction of sp³-hybridized carbons (Fsp3) is 0.458. The monoisotopic (exact) mass is 436 g/mol. The van der Waals surface area contributed by atoms with Crippen LogP contribution in [0.2, 0.25) is 0 Å². The maximum Gasteiger partial charge on any atom is 0.324 e. The van der Waals surface area contributed by atoms with Crippen molar-refractivity contribution in [3.63, 3.8) is 0 Å². The molecule has 0 amide bonds. The third-order valence-corrected chi connectivity index (χ3v) is 4.38. The summed E-state index contributed by atoms with van der Waals surface area (Å²) < 4.78 is 0. The third kappa shape index (κ3) is 19.5. The Labute approximate surface area is 182 Å². The van der Waals surface area contributed by atoms with Gasteiger partial charge in [-0.3, -0.25) is 4.79 Å². The van der Waals surface area contributed by atoms with Crippen molar-refractivity contribution in [2.24, 2.45) is 0 Å². The Balaban J connectivity index is 0.000000479. The number of aliphatic carboxylic acids is 1. The molecule has 2 aromatic carbocycles. The van der Waals surface area contributed by atoms with E-state index in [1.165, 1.54) is 56.1 Å². The fourth-order valence-electron chi connectivity index (χ4n) is 2.85. The summed E-state index contributed by atoms with van der Waals surface area (Å²) in [4.78, 5) is 31.9. The van der Waals surface area contributed by atoms with Crippen molar-refractivity contribution in [3.8, 4) is 11.1 Å². The van der Waals surface area contributed by atoms with E-state index in [4.69, 9.17) is 19.8 Å². The predicted octanol–water partition coefficient (Wildman–Crippen LogP) is 6.54. The average Bonchev–Trinajstić information content (AvgIpc) is 2.74. The van der Waals surface area contributed by atoms with Crippen molar-refractivity contribution in [2.45, 2.75) is 71.1 Å².